The van der Waals surface area contributed by atoms with Crippen LogP contribution in [0.1, 0.15) is 21.5 Å². The minimum atomic E-state index is -4.56. The second kappa shape index (κ2) is 10.4. The maximum Gasteiger partial charge on any atom is 0.416 e. The van der Waals surface area contributed by atoms with Crippen LogP contribution in [-0.4, -0.2) is 53.9 Å². The van der Waals surface area contributed by atoms with Crippen LogP contribution in [0.2, 0.25) is 0 Å². The Bertz CT molecular complexity index is 1670. The van der Waals surface area contributed by atoms with Crippen molar-refractivity contribution >= 4 is 33.5 Å². The molecule has 1 amide bonds. The van der Waals surface area contributed by atoms with Crippen molar-refractivity contribution in [3.05, 3.63) is 95.6 Å². The van der Waals surface area contributed by atoms with Gasteiger partial charge in [0.1, 0.15) is 11.3 Å². The summed E-state index contributed by atoms with van der Waals surface area (Å²) in [5, 5.41) is 4.17. The third kappa shape index (κ3) is 5.30. The number of carbonyl (C=O) groups excluding carboxylic acids is 1. The monoisotopic (exact) mass is 544 g/mol. The predicted molar refractivity (Wildman–Crippen MR) is 149 cm³/mol. The molecule has 40 heavy (non-hydrogen) atoms. The number of anilines is 1. The molecule has 9 heteroatoms. The van der Waals surface area contributed by atoms with Gasteiger partial charge in [-0.2, -0.15) is 13.2 Å². The number of pyridine rings is 1. The molecule has 204 valence electrons. The molecule has 0 bridgehead atoms. The zero-order valence-electron chi connectivity index (χ0n) is 21.8. The molecule has 0 aliphatic carbocycles. The zero-order valence-corrected chi connectivity index (χ0v) is 21.8. The van der Waals surface area contributed by atoms with Gasteiger partial charge in [-0.1, -0.05) is 42.5 Å². The first-order valence-electron chi connectivity index (χ1n) is 13.1. The number of halogens is 3. The lowest BCUT2D eigenvalue weighted by molar-refractivity contribution is -0.138. The number of nitrogens with one attached hydrogen (secondary N) is 1. The van der Waals surface area contributed by atoms with Crippen LogP contribution in [0.15, 0.2) is 83.3 Å². The maximum atomic E-state index is 14.1. The molecule has 5 aromatic rings. The summed E-state index contributed by atoms with van der Waals surface area (Å²) in [6.45, 7) is 3.23. The number of alkyl halides is 3. The number of aromatic nitrogens is 1. The highest BCUT2D eigenvalue weighted by atomic mass is 19.4. The Kier molecular flexibility index (Phi) is 6.77. The molecule has 1 aliphatic rings. The van der Waals surface area contributed by atoms with Gasteiger partial charge in [0, 0.05) is 49.2 Å². The number of benzene rings is 3. The Labute approximate surface area is 229 Å². The van der Waals surface area contributed by atoms with Crippen LogP contribution in [0, 0.1) is 0 Å². The van der Waals surface area contributed by atoms with Crippen molar-refractivity contribution in [2.24, 2.45) is 0 Å². The summed E-state index contributed by atoms with van der Waals surface area (Å²) in [6, 6.07) is 22.2. The molecule has 1 N–H and O–H groups in total. The van der Waals surface area contributed by atoms with E-state index in [9.17, 15) is 18.0 Å². The first-order chi connectivity index (χ1) is 19.2. The normalized spacial score (nSPS) is 15.1. The highest BCUT2D eigenvalue weighted by Crippen LogP contribution is 2.35. The second-order valence-corrected chi connectivity index (χ2v) is 10.1. The summed E-state index contributed by atoms with van der Waals surface area (Å²) in [5.41, 5.74) is 1.53. The number of hydrogen-bond acceptors (Lipinski definition) is 5. The third-order valence-electron chi connectivity index (χ3n) is 7.30. The van der Waals surface area contributed by atoms with E-state index in [4.69, 9.17) is 4.42 Å². The number of hydrogen-bond donors (Lipinski definition) is 1. The Balaban J connectivity index is 1.32. The summed E-state index contributed by atoms with van der Waals surface area (Å²) in [7, 11) is 2.00. The number of amides is 1. The molecule has 3 aromatic carbocycles. The number of likely N-dealkylation sites (N-methyl/N-ethyl adjacent to an activating group) is 1. The Morgan fingerprint density at radius 1 is 0.950 bits per heavy atom. The van der Waals surface area contributed by atoms with E-state index in [1.165, 1.54) is 12.1 Å². The van der Waals surface area contributed by atoms with E-state index in [1.54, 1.807) is 24.3 Å². The fourth-order valence-corrected chi connectivity index (χ4v) is 5.10. The SMILES string of the molecule is CN1CCN(Cc2ccc(NC(=O)c3cc(-c4cc5ccccc5o4)nc4ccccc34)cc2C(F)(F)F)CC1. The number of rotatable bonds is 5. The summed E-state index contributed by atoms with van der Waals surface area (Å²) < 4.78 is 48.2. The van der Waals surface area contributed by atoms with Crippen molar-refractivity contribution in [3.63, 3.8) is 0 Å². The average molecular weight is 545 g/mol. The van der Waals surface area contributed by atoms with Gasteiger partial charge in [-0.25, -0.2) is 4.98 Å². The smallest absolute Gasteiger partial charge is 0.416 e. The van der Waals surface area contributed by atoms with Crippen molar-refractivity contribution in [2.45, 2.75) is 12.7 Å². The molecule has 1 aliphatic heterocycles. The van der Waals surface area contributed by atoms with Crippen LogP contribution < -0.4 is 5.32 Å². The van der Waals surface area contributed by atoms with Gasteiger partial charge in [0.25, 0.3) is 5.91 Å². The van der Waals surface area contributed by atoms with Crippen LogP contribution in [0.25, 0.3) is 33.3 Å². The molecule has 2 aromatic heterocycles. The molecule has 0 atom stereocenters. The molecule has 1 fully saturated rings. The summed E-state index contributed by atoms with van der Waals surface area (Å²) in [6.07, 6.45) is -4.56. The van der Waals surface area contributed by atoms with Crippen molar-refractivity contribution in [2.75, 3.05) is 38.5 Å². The summed E-state index contributed by atoms with van der Waals surface area (Å²) >= 11 is 0. The van der Waals surface area contributed by atoms with Gasteiger partial charge in [0.15, 0.2) is 5.76 Å². The van der Waals surface area contributed by atoms with Gasteiger partial charge in [0.2, 0.25) is 0 Å². The number of carbonyl (C=O) groups is 1. The topological polar surface area (TPSA) is 61.6 Å². The second-order valence-electron chi connectivity index (χ2n) is 10.1. The standard InChI is InChI=1S/C31H27F3N4O2/c1-37-12-14-38(15-13-37)19-21-10-11-22(17-25(21)31(32,33)34)35-30(39)24-18-27(36-26-8-4-3-7-23(24)26)29-16-20-6-2-5-9-28(20)40-29/h2-11,16-18H,12-15,19H2,1H3,(H,35,39). The van der Waals surface area contributed by atoms with Gasteiger partial charge in [-0.3, -0.25) is 9.69 Å². The first-order valence-corrected chi connectivity index (χ1v) is 13.1. The Hall–Kier alpha value is -4.21. The molecule has 1 saturated heterocycles. The lowest BCUT2D eigenvalue weighted by Crippen LogP contribution is -2.44. The van der Waals surface area contributed by atoms with Gasteiger partial charge in [-0.15, -0.1) is 0 Å². The van der Waals surface area contributed by atoms with Crippen LogP contribution in [0.4, 0.5) is 18.9 Å². The van der Waals surface area contributed by atoms with Crippen LogP contribution >= 0.6 is 0 Å². The maximum absolute atomic E-state index is 14.1. The number of furan rings is 1. The van der Waals surface area contributed by atoms with E-state index < -0.39 is 17.6 Å². The fourth-order valence-electron chi connectivity index (χ4n) is 5.10. The highest BCUT2D eigenvalue weighted by Gasteiger charge is 2.34. The number of para-hydroxylation sites is 2. The predicted octanol–water partition coefficient (Wildman–Crippen LogP) is 6.67. The van der Waals surface area contributed by atoms with Crippen LogP contribution in [0.5, 0.6) is 0 Å². The van der Waals surface area contributed by atoms with Gasteiger partial charge < -0.3 is 14.6 Å². The van der Waals surface area contributed by atoms with Crippen molar-refractivity contribution in [3.8, 4) is 11.5 Å². The first kappa shape index (κ1) is 26.0. The minimum Gasteiger partial charge on any atom is -0.454 e. The molecular weight excluding hydrogens is 517 g/mol. The number of piperazine rings is 1. The Morgan fingerprint density at radius 2 is 1.70 bits per heavy atom. The summed E-state index contributed by atoms with van der Waals surface area (Å²) in [4.78, 5) is 22.4. The molecular formula is C31H27F3N4O2. The molecule has 0 saturated carbocycles. The lowest BCUT2D eigenvalue weighted by Gasteiger charge is -2.33. The van der Waals surface area contributed by atoms with Gasteiger partial charge in [0.05, 0.1) is 16.6 Å². The Morgan fingerprint density at radius 3 is 2.48 bits per heavy atom. The largest absolute Gasteiger partial charge is 0.454 e. The lowest BCUT2D eigenvalue weighted by atomic mass is 10.0. The third-order valence-corrected chi connectivity index (χ3v) is 7.30. The number of nitrogens with zero attached hydrogens (tertiary/aromatic N) is 3. The molecule has 6 rings (SSSR count). The molecule has 0 unspecified atom stereocenters. The zero-order chi connectivity index (χ0) is 27.9. The number of fused-ring (bicyclic) bond motifs is 2. The van der Waals surface area contributed by atoms with Gasteiger partial charge >= 0.3 is 6.18 Å². The van der Waals surface area contributed by atoms with E-state index in [2.05, 4.69) is 15.2 Å². The van der Waals surface area contributed by atoms with Crippen molar-refractivity contribution in [1.29, 1.82) is 0 Å². The highest BCUT2D eigenvalue weighted by molar-refractivity contribution is 6.13. The molecule has 3 heterocycles. The van der Waals surface area contributed by atoms with Crippen LogP contribution in [-0.2, 0) is 12.7 Å². The molecule has 6 nitrogen and oxygen atoms in total. The molecule has 0 radical (unpaired) electrons. The van der Waals surface area contributed by atoms with Gasteiger partial charge in [-0.05, 0) is 49.0 Å². The van der Waals surface area contributed by atoms with Crippen molar-refractivity contribution < 1.29 is 22.4 Å². The molecule has 0 spiro atoms. The average Bonchev–Trinajstić information content (AvgIpc) is 3.38. The minimum absolute atomic E-state index is 0.0747. The van der Waals surface area contributed by atoms with Crippen molar-refractivity contribution in [1.82, 2.24) is 14.8 Å². The van der Waals surface area contributed by atoms with E-state index in [0.29, 0.717) is 41.0 Å². The van der Waals surface area contributed by atoms with E-state index in [-0.39, 0.29) is 23.4 Å². The van der Waals surface area contributed by atoms with E-state index in [1.807, 2.05) is 48.3 Å². The quantitative estimate of drug-likeness (QED) is 0.268. The van der Waals surface area contributed by atoms with E-state index in [0.717, 1.165) is 24.5 Å². The fraction of sp³-hybridized carbons (Fsp3) is 0.226. The summed E-state index contributed by atoms with van der Waals surface area (Å²) in [5.74, 6) is -0.0375. The van der Waals surface area contributed by atoms with Crippen LogP contribution in [0.3, 0.4) is 0 Å². The van der Waals surface area contributed by atoms with E-state index >= 15 is 0 Å².